The van der Waals surface area contributed by atoms with Gasteiger partial charge in [-0.2, -0.15) is 0 Å². The standard InChI is InChI=1S/C24H23ClN2O6S/c1-33-24(28)15-12-18-10-13-21(14-11-18)26(17-20-8-6-19(16-25)7-9-20)34(31,32)23-5-3-2-4-22(23)27(29)30/h2-11,13-14H,12,15-17H2,1H3. The van der Waals surface area contributed by atoms with Crippen LogP contribution in [0.1, 0.15) is 23.1 Å². The molecular weight excluding hydrogens is 480 g/mol. The van der Waals surface area contributed by atoms with Gasteiger partial charge in [0.05, 0.1) is 24.3 Å². The SMILES string of the molecule is COC(=O)CCc1ccc(N(Cc2ccc(CCl)cc2)S(=O)(=O)c2ccccc2[N+](=O)[O-])cc1. The number of nitrogens with zero attached hydrogens (tertiary/aromatic N) is 2. The van der Waals surface area contributed by atoms with Crippen LogP contribution in [0.3, 0.4) is 0 Å². The lowest BCUT2D eigenvalue weighted by atomic mass is 10.1. The molecule has 3 aromatic carbocycles. The van der Waals surface area contributed by atoms with Crippen LogP contribution in [0, 0.1) is 10.1 Å². The van der Waals surface area contributed by atoms with E-state index in [0.29, 0.717) is 23.6 Å². The molecule has 0 saturated carbocycles. The fourth-order valence-electron chi connectivity index (χ4n) is 3.34. The zero-order chi connectivity index (χ0) is 24.7. The first-order valence-corrected chi connectivity index (χ1v) is 12.3. The van der Waals surface area contributed by atoms with Gasteiger partial charge < -0.3 is 4.74 Å². The van der Waals surface area contributed by atoms with Gasteiger partial charge in [-0.05, 0) is 41.3 Å². The van der Waals surface area contributed by atoms with Gasteiger partial charge in [0.15, 0.2) is 4.90 Å². The second-order valence-corrected chi connectivity index (χ2v) is 9.53. The number of aryl methyl sites for hydroxylation is 1. The fourth-order valence-corrected chi connectivity index (χ4v) is 5.13. The third-order valence-corrected chi connectivity index (χ3v) is 7.33. The Balaban J connectivity index is 2.02. The number of carbonyl (C=O) groups excluding carboxylic acids is 1. The monoisotopic (exact) mass is 502 g/mol. The van der Waals surface area contributed by atoms with E-state index in [1.807, 2.05) is 0 Å². The molecule has 0 saturated heterocycles. The van der Waals surface area contributed by atoms with E-state index in [1.165, 1.54) is 25.3 Å². The molecule has 0 spiro atoms. The van der Waals surface area contributed by atoms with Crippen molar-refractivity contribution in [2.75, 3.05) is 11.4 Å². The summed E-state index contributed by atoms with van der Waals surface area (Å²) in [5.74, 6) is -0.0176. The molecule has 0 radical (unpaired) electrons. The molecule has 10 heteroatoms. The average Bonchev–Trinajstić information content (AvgIpc) is 2.86. The third-order valence-electron chi connectivity index (χ3n) is 5.20. The second-order valence-electron chi connectivity index (χ2n) is 7.43. The molecule has 0 aliphatic heterocycles. The maximum atomic E-state index is 13.7. The quantitative estimate of drug-likeness (QED) is 0.170. The molecule has 0 fully saturated rings. The van der Waals surface area contributed by atoms with Gasteiger partial charge in [-0.1, -0.05) is 48.5 Å². The summed E-state index contributed by atoms with van der Waals surface area (Å²) in [7, 11) is -2.98. The third kappa shape index (κ3) is 5.92. The number of carbonyl (C=O) groups is 1. The van der Waals surface area contributed by atoms with Gasteiger partial charge in [-0.15, -0.1) is 11.6 Å². The van der Waals surface area contributed by atoms with Crippen LogP contribution >= 0.6 is 11.6 Å². The molecule has 0 heterocycles. The summed E-state index contributed by atoms with van der Waals surface area (Å²) in [5, 5.41) is 11.5. The van der Waals surface area contributed by atoms with E-state index in [4.69, 9.17) is 11.6 Å². The Morgan fingerprint density at radius 2 is 1.56 bits per heavy atom. The van der Waals surface area contributed by atoms with Crippen LogP contribution in [-0.2, 0) is 38.4 Å². The van der Waals surface area contributed by atoms with Gasteiger partial charge in [0.25, 0.3) is 15.7 Å². The molecule has 0 bridgehead atoms. The number of para-hydroxylation sites is 1. The molecule has 0 amide bonds. The van der Waals surface area contributed by atoms with Crippen molar-refractivity contribution in [2.45, 2.75) is 30.2 Å². The molecule has 3 aromatic rings. The van der Waals surface area contributed by atoms with Gasteiger partial charge >= 0.3 is 5.97 Å². The minimum absolute atomic E-state index is 0.0432. The summed E-state index contributed by atoms with van der Waals surface area (Å²) < 4.78 is 33.1. The van der Waals surface area contributed by atoms with Crippen LogP contribution in [0.25, 0.3) is 0 Å². The highest BCUT2D eigenvalue weighted by Gasteiger charge is 2.32. The number of nitro benzene ring substituents is 1. The molecule has 0 aromatic heterocycles. The Bertz CT molecular complexity index is 1260. The molecule has 3 rings (SSSR count). The lowest BCUT2D eigenvalue weighted by Crippen LogP contribution is -2.31. The Labute approximate surface area is 202 Å². The van der Waals surface area contributed by atoms with E-state index in [-0.39, 0.29) is 18.9 Å². The molecule has 0 N–H and O–H groups in total. The normalized spacial score (nSPS) is 11.1. The molecular formula is C24H23ClN2O6S. The first-order valence-electron chi connectivity index (χ1n) is 10.3. The van der Waals surface area contributed by atoms with Crippen LogP contribution in [0.4, 0.5) is 11.4 Å². The molecule has 0 atom stereocenters. The van der Waals surface area contributed by atoms with Gasteiger partial charge in [0.1, 0.15) is 0 Å². The van der Waals surface area contributed by atoms with Crippen LogP contribution in [0.2, 0.25) is 0 Å². The lowest BCUT2D eigenvalue weighted by molar-refractivity contribution is -0.387. The number of esters is 1. The number of methoxy groups -OCH3 is 1. The van der Waals surface area contributed by atoms with E-state index >= 15 is 0 Å². The first-order chi connectivity index (χ1) is 16.3. The lowest BCUT2D eigenvalue weighted by Gasteiger charge is -2.25. The number of ether oxygens (including phenoxy) is 1. The first kappa shape index (κ1) is 25.2. The Morgan fingerprint density at radius 1 is 0.971 bits per heavy atom. The summed E-state index contributed by atoms with van der Waals surface area (Å²) in [6.07, 6.45) is 0.630. The molecule has 8 nitrogen and oxygen atoms in total. The maximum Gasteiger partial charge on any atom is 0.305 e. The average molecular weight is 503 g/mol. The number of hydrogen-bond acceptors (Lipinski definition) is 6. The van der Waals surface area contributed by atoms with Gasteiger partial charge in [-0.3, -0.25) is 19.2 Å². The minimum atomic E-state index is -4.29. The number of sulfonamides is 1. The van der Waals surface area contributed by atoms with Crippen molar-refractivity contribution >= 4 is 39.0 Å². The second kappa shape index (κ2) is 11.1. The smallest absolute Gasteiger partial charge is 0.305 e. The summed E-state index contributed by atoms with van der Waals surface area (Å²) >= 11 is 5.85. The predicted octanol–water partition coefficient (Wildman–Crippen LogP) is 4.83. The topological polar surface area (TPSA) is 107 Å². The van der Waals surface area contributed by atoms with E-state index in [2.05, 4.69) is 4.74 Å². The van der Waals surface area contributed by atoms with Gasteiger partial charge in [0.2, 0.25) is 0 Å². The largest absolute Gasteiger partial charge is 0.469 e. The number of hydrogen-bond donors (Lipinski definition) is 0. The fraction of sp³-hybridized carbons (Fsp3) is 0.208. The summed E-state index contributed by atoms with van der Waals surface area (Å²) in [5.41, 5.74) is 2.23. The Hall–Kier alpha value is -3.43. The van der Waals surface area contributed by atoms with Crippen molar-refractivity contribution in [2.24, 2.45) is 0 Å². The maximum absolute atomic E-state index is 13.7. The van der Waals surface area contributed by atoms with E-state index < -0.39 is 25.5 Å². The molecule has 0 aliphatic carbocycles. The van der Waals surface area contributed by atoms with E-state index in [9.17, 15) is 23.3 Å². The minimum Gasteiger partial charge on any atom is -0.469 e. The number of rotatable bonds is 10. The van der Waals surface area contributed by atoms with Gasteiger partial charge in [0, 0.05) is 18.4 Å². The number of nitro groups is 1. The van der Waals surface area contributed by atoms with Crippen molar-refractivity contribution in [3.63, 3.8) is 0 Å². The number of halogens is 1. The van der Waals surface area contributed by atoms with E-state index in [1.54, 1.807) is 48.5 Å². The molecule has 0 unspecified atom stereocenters. The Morgan fingerprint density at radius 3 is 2.15 bits per heavy atom. The number of benzene rings is 3. The van der Waals surface area contributed by atoms with Crippen molar-refractivity contribution in [3.05, 3.63) is 99.6 Å². The zero-order valence-corrected chi connectivity index (χ0v) is 20.0. The van der Waals surface area contributed by atoms with Crippen molar-refractivity contribution < 1.29 is 22.9 Å². The zero-order valence-electron chi connectivity index (χ0n) is 18.4. The molecule has 0 aliphatic rings. The summed E-state index contributed by atoms with van der Waals surface area (Å²) in [4.78, 5) is 21.8. The predicted molar refractivity (Wildman–Crippen MR) is 129 cm³/mol. The Kier molecular flexibility index (Phi) is 8.25. The molecule has 34 heavy (non-hydrogen) atoms. The highest BCUT2D eigenvalue weighted by Crippen LogP contribution is 2.31. The van der Waals surface area contributed by atoms with E-state index in [0.717, 1.165) is 21.5 Å². The highest BCUT2D eigenvalue weighted by molar-refractivity contribution is 7.93. The van der Waals surface area contributed by atoms with Crippen molar-refractivity contribution in [3.8, 4) is 0 Å². The van der Waals surface area contributed by atoms with Crippen LogP contribution in [0.15, 0.2) is 77.7 Å². The van der Waals surface area contributed by atoms with Gasteiger partial charge in [-0.25, -0.2) is 8.42 Å². The summed E-state index contributed by atoms with van der Waals surface area (Å²) in [6.45, 7) is -0.0432. The van der Waals surface area contributed by atoms with Crippen molar-refractivity contribution in [1.29, 1.82) is 0 Å². The number of alkyl halides is 1. The van der Waals surface area contributed by atoms with Crippen LogP contribution in [-0.4, -0.2) is 26.4 Å². The van der Waals surface area contributed by atoms with Crippen LogP contribution < -0.4 is 4.31 Å². The van der Waals surface area contributed by atoms with Crippen LogP contribution in [0.5, 0.6) is 0 Å². The number of anilines is 1. The molecule has 178 valence electrons. The summed E-state index contributed by atoms with van der Waals surface area (Å²) in [6, 6.07) is 19.1. The van der Waals surface area contributed by atoms with Crippen molar-refractivity contribution in [1.82, 2.24) is 0 Å². The highest BCUT2D eigenvalue weighted by atomic mass is 35.5.